The Morgan fingerprint density at radius 1 is 0.771 bits per heavy atom. The lowest BCUT2D eigenvalue weighted by Crippen LogP contribution is -2.12. The summed E-state index contributed by atoms with van der Waals surface area (Å²) in [7, 11) is 0. The molecule has 0 bridgehead atoms. The molecule has 2 aromatic heterocycles. The summed E-state index contributed by atoms with van der Waals surface area (Å²) >= 11 is 0. The Balaban J connectivity index is 1.81. The Morgan fingerprint density at radius 3 is 2.31 bits per heavy atom. The minimum atomic E-state index is 0.00592. The first-order chi connectivity index (χ1) is 16.7. The van der Waals surface area contributed by atoms with Crippen LogP contribution in [0.3, 0.4) is 0 Å². The van der Waals surface area contributed by atoms with Crippen molar-refractivity contribution >= 4 is 43.6 Å². The van der Waals surface area contributed by atoms with Gasteiger partial charge in [0.2, 0.25) is 0 Å². The van der Waals surface area contributed by atoms with Crippen LogP contribution >= 0.6 is 0 Å². The largest absolute Gasteiger partial charge is 0.455 e. The van der Waals surface area contributed by atoms with Gasteiger partial charge in [0.15, 0.2) is 0 Å². The molecule has 4 aromatic carbocycles. The number of fused-ring (bicyclic) bond motifs is 6. The average molecular weight is 458 g/mol. The van der Waals surface area contributed by atoms with Crippen molar-refractivity contribution in [1.82, 2.24) is 4.98 Å². The zero-order valence-electron chi connectivity index (χ0n) is 21.4. The molecule has 2 nitrogen and oxygen atoms in total. The first kappa shape index (κ1) is 21.9. The lowest BCUT2D eigenvalue weighted by molar-refractivity contribution is 0.596. The summed E-state index contributed by atoms with van der Waals surface area (Å²) in [4.78, 5) is 5.28. The summed E-state index contributed by atoms with van der Waals surface area (Å²) in [5, 5.41) is 5.87. The van der Waals surface area contributed by atoms with E-state index < -0.39 is 0 Å². The lowest BCUT2D eigenvalue weighted by atomic mass is 9.82. The second-order valence-electron chi connectivity index (χ2n) is 11.2. The smallest absolute Gasteiger partial charge is 0.147 e. The molecule has 0 amide bonds. The number of nitrogens with zero attached hydrogens (tertiary/aromatic N) is 1. The molecule has 0 saturated carbocycles. The van der Waals surface area contributed by atoms with E-state index in [0.29, 0.717) is 5.92 Å². The van der Waals surface area contributed by atoms with Crippen LogP contribution in [0.5, 0.6) is 0 Å². The van der Waals surface area contributed by atoms with Crippen molar-refractivity contribution in [2.75, 3.05) is 0 Å². The van der Waals surface area contributed by atoms with Crippen molar-refractivity contribution in [2.45, 2.75) is 52.9 Å². The summed E-state index contributed by atoms with van der Waals surface area (Å²) < 4.78 is 6.72. The number of hydrogen-bond donors (Lipinski definition) is 0. The molecule has 2 heterocycles. The topological polar surface area (TPSA) is 26.0 Å². The van der Waals surface area contributed by atoms with Crippen LogP contribution in [0.4, 0.5) is 0 Å². The van der Waals surface area contributed by atoms with Crippen molar-refractivity contribution in [3.05, 3.63) is 89.5 Å². The van der Waals surface area contributed by atoms with Crippen molar-refractivity contribution in [1.29, 1.82) is 0 Å². The van der Waals surface area contributed by atoms with E-state index in [9.17, 15) is 0 Å². The van der Waals surface area contributed by atoms with E-state index in [2.05, 4.69) is 114 Å². The van der Waals surface area contributed by atoms with Crippen LogP contribution in [0.1, 0.15) is 57.2 Å². The normalized spacial score (nSPS) is 12.5. The minimum Gasteiger partial charge on any atom is -0.455 e. The van der Waals surface area contributed by atoms with Gasteiger partial charge in [0.25, 0.3) is 0 Å². The molecule has 0 spiro atoms. The third-order valence-corrected chi connectivity index (χ3v) is 7.18. The number of pyridine rings is 1. The van der Waals surface area contributed by atoms with Crippen LogP contribution in [-0.4, -0.2) is 4.98 Å². The summed E-state index contributed by atoms with van der Waals surface area (Å²) in [6.07, 6.45) is 0. The first-order valence-corrected chi connectivity index (χ1v) is 12.5. The molecule has 6 rings (SSSR count). The van der Waals surface area contributed by atoms with Gasteiger partial charge in [-0.3, -0.25) is 0 Å². The van der Waals surface area contributed by atoms with E-state index in [-0.39, 0.29) is 5.41 Å². The summed E-state index contributed by atoms with van der Waals surface area (Å²) in [6.45, 7) is 13.4. The van der Waals surface area contributed by atoms with Crippen LogP contribution in [0.15, 0.2) is 77.2 Å². The Morgan fingerprint density at radius 2 is 1.54 bits per heavy atom. The van der Waals surface area contributed by atoms with Gasteiger partial charge in [-0.15, -0.1) is 0 Å². The maximum absolute atomic E-state index is 6.72. The molecular formula is C33H31NO. The molecule has 35 heavy (non-hydrogen) atoms. The van der Waals surface area contributed by atoms with Gasteiger partial charge >= 0.3 is 0 Å². The molecular weight excluding hydrogens is 426 g/mol. The molecule has 0 fully saturated rings. The van der Waals surface area contributed by atoms with Crippen LogP contribution in [0.2, 0.25) is 0 Å². The highest BCUT2D eigenvalue weighted by Gasteiger charge is 2.23. The van der Waals surface area contributed by atoms with E-state index in [1.807, 2.05) is 0 Å². The molecule has 0 radical (unpaired) electrons. The molecule has 0 atom stereocenters. The number of furan rings is 1. The third-order valence-electron chi connectivity index (χ3n) is 7.18. The fraction of sp³-hybridized carbons (Fsp3) is 0.242. The number of para-hydroxylation sites is 1. The number of rotatable bonds is 2. The second kappa shape index (κ2) is 7.68. The van der Waals surface area contributed by atoms with Gasteiger partial charge < -0.3 is 4.42 Å². The molecule has 0 saturated heterocycles. The summed E-state index contributed by atoms with van der Waals surface area (Å²) in [6, 6.07) is 26.3. The van der Waals surface area contributed by atoms with Crippen molar-refractivity contribution in [2.24, 2.45) is 0 Å². The summed E-state index contributed by atoms with van der Waals surface area (Å²) in [5.74, 6) is 0.372. The van der Waals surface area contributed by atoms with Gasteiger partial charge in [0.05, 0.1) is 16.6 Å². The van der Waals surface area contributed by atoms with E-state index >= 15 is 0 Å². The quantitative estimate of drug-likeness (QED) is 0.259. The van der Waals surface area contributed by atoms with Gasteiger partial charge in [0.1, 0.15) is 11.2 Å². The highest BCUT2D eigenvalue weighted by Crippen LogP contribution is 2.43. The Hall–Kier alpha value is -3.65. The van der Waals surface area contributed by atoms with E-state index in [4.69, 9.17) is 9.40 Å². The van der Waals surface area contributed by atoms with Crippen molar-refractivity contribution in [3.8, 4) is 11.3 Å². The monoisotopic (exact) mass is 457 g/mol. The zero-order chi connectivity index (χ0) is 24.5. The number of aryl methyl sites for hydroxylation is 1. The number of hydrogen-bond acceptors (Lipinski definition) is 2. The highest BCUT2D eigenvalue weighted by atomic mass is 16.3. The zero-order valence-corrected chi connectivity index (χ0v) is 21.4. The fourth-order valence-corrected chi connectivity index (χ4v) is 5.40. The van der Waals surface area contributed by atoms with Crippen LogP contribution in [0, 0.1) is 6.92 Å². The molecule has 2 heteroatoms. The fourth-order valence-electron chi connectivity index (χ4n) is 5.40. The Labute approximate surface area is 206 Å². The van der Waals surface area contributed by atoms with E-state index in [0.717, 1.165) is 44.1 Å². The van der Waals surface area contributed by atoms with Gasteiger partial charge in [-0.05, 0) is 64.4 Å². The summed E-state index contributed by atoms with van der Waals surface area (Å²) in [5.41, 5.74) is 8.79. The van der Waals surface area contributed by atoms with E-state index in [1.165, 1.54) is 27.5 Å². The maximum Gasteiger partial charge on any atom is 0.147 e. The molecule has 174 valence electrons. The molecule has 0 aliphatic heterocycles. The van der Waals surface area contributed by atoms with Gasteiger partial charge in [0, 0.05) is 16.3 Å². The average Bonchev–Trinajstić information content (AvgIpc) is 3.22. The first-order valence-electron chi connectivity index (χ1n) is 12.5. The standard InChI is InChI=1S/C33H31NO/c1-19(2)23-12-9-13-25-29-30(34-28-15-14-20(3)16-26(28)32(29)35-31(23)25)22-17-21-10-7-8-11-24(21)27(18-22)33(4,5)6/h7-19H,1-6H3. The van der Waals surface area contributed by atoms with Gasteiger partial charge in [-0.2, -0.15) is 0 Å². The van der Waals surface area contributed by atoms with Crippen molar-refractivity contribution in [3.63, 3.8) is 0 Å². The Kier molecular flexibility index (Phi) is 4.79. The SMILES string of the molecule is Cc1ccc2nc(-c3cc(C(C)(C)C)c4ccccc4c3)c3c4cccc(C(C)C)c4oc3c2c1. The van der Waals surface area contributed by atoms with Gasteiger partial charge in [-0.1, -0.05) is 88.7 Å². The molecule has 0 aliphatic rings. The van der Waals surface area contributed by atoms with Crippen molar-refractivity contribution < 1.29 is 4.42 Å². The maximum atomic E-state index is 6.72. The third kappa shape index (κ3) is 3.43. The molecule has 0 N–H and O–H groups in total. The van der Waals surface area contributed by atoms with Crippen LogP contribution in [-0.2, 0) is 5.41 Å². The van der Waals surface area contributed by atoms with Gasteiger partial charge in [-0.25, -0.2) is 4.98 Å². The number of aromatic nitrogens is 1. The predicted octanol–water partition coefficient (Wildman–Crippen LogP) is 9.68. The molecule has 0 unspecified atom stereocenters. The van der Waals surface area contributed by atoms with E-state index in [1.54, 1.807) is 0 Å². The molecule has 6 aromatic rings. The molecule has 0 aliphatic carbocycles. The van der Waals surface area contributed by atoms with Crippen LogP contribution in [0.25, 0.3) is 54.9 Å². The lowest BCUT2D eigenvalue weighted by Gasteiger charge is -2.23. The van der Waals surface area contributed by atoms with Crippen LogP contribution < -0.4 is 0 Å². The predicted molar refractivity (Wildman–Crippen MR) is 149 cm³/mol. The Bertz CT molecular complexity index is 1760. The minimum absolute atomic E-state index is 0.00592. The number of benzene rings is 4. The second-order valence-corrected chi connectivity index (χ2v) is 11.2. The highest BCUT2D eigenvalue weighted by molar-refractivity contribution is 6.20.